The summed E-state index contributed by atoms with van der Waals surface area (Å²) in [7, 11) is 0. The smallest absolute Gasteiger partial charge is 0.376 e. The second-order valence-corrected chi connectivity index (χ2v) is 4.85. The van der Waals surface area contributed by atoms with Gasteiger partial charge in [-0.1, -0.05) is 22.9 Å². The molecule has 0 radical (unpaired) electrons. The molecule has 0 aliphatic carbocycles. The molecule has 3 nitrogen and oxygen atoms in total. The number of Topliss-reactive ketones (excluding diaryl/α,β-unsaturated/α-hetero) is 1. The van der Waals surface area contributed by atoms with E-state index in [4.69, 9.17) is 4.74 Å². The van der Waals surface area contributed by atoms with Crippen molar-refractivity contribution in [1.29, 1.82) is 0 Å². The van der Waals surface area contributed by atoms with Gasteiger partial charge >= 0.3 is 5.97 Å². The molecule has 0 amide bonds. The van der Waals surface area contributed by atoms with Crippen molar-refractivity contribution in [3.63, 3.8) is 0 Å². The lowest BCUT2D eigenvalue weighted by molar-refractivity contribution is -0.162. The van der Waals surface area contributed by atoms with Crippen LogP contribution in [0, 0.1) is 0 Å². The van der Waals surface area contributed by atoms with Gasteiger partial charge in [-0.15, -0.1) is 0 Å². The van der Waals surface area contributed by atoms with E-state index in [9.17, 15) is 9.59 Å². The minimum atomic E-state index is -0.767. The monoisotopic (exact) mass is 250 g/mol. The summed E-state index contributed by atoms with van der Waals surface area (Å²) >= 11 is 3.10. The lowest BCUT2D eigenvalue weighted by Crippen LogP contribution is -2.32. The van der Waals surface area contributed by atoms with E-state index in [1.165, 1.54) is 0 Å². The third-order valence-corrected chi connectivity index (χ3v) is 2.31. The molecular weight excluding hydrogens is 236 g/mol. The summed E-state index contributed by atoms with van der Waals surface area (Å²) in [5.41, 5.74) is -0.604. The molecule has 1 atom stereocenters. The zero-order chi connectivity index (χ0) is 10.6. The molecule has 0 heterocycles. The van der Waals surface area contributed by atoms with Gasteiger partial charge in [0.2, 0.25) is 0 Å². The Morgan fingerprint density at radius 3 is 2.15 bits per heavy atom. The molecule has 4 heteroatoms. The van der Waals surface area contributed by atoms with Gasteiger partial charge in [0.1, 0.15) is 5.60 Å². The Morgan fingerprint density at radius 1 is 1.38 bits per heavy atom. The summed E-state index contributed by atoms with van der Waals surface area (Å²) in [6.45, 7) is 7.01. The van der Waals surface area contributed by atoms with Gasteiger partial charge in [-0.25, -0.2) is 4.79 Å². The molecular formula is C9H15BrO3. The first-order valence-corrected chi connectivity index (χ1v) is 5.10. The Hall–Kier alpha value is -0.380. The molecule has 0 saturated heterocycles. The molecule has 76 valence electrons. The standard InChI is InChI=1S/C9H15BrO3/c1-5-6(10)7(11)8(12)13-9(2,3)4/h6H,5H2,1-4H3/t6-/m1/s1. The lowest BCUT2D eigenvalue weighted by atomic mass is 10.2. The Balaban J connectivity index is 4.21. The van der Waals surface area contributed by atoms with Gasteiger partial charge in [0, 0.05) is 0 Å². The van der Waals surface area contributed by atoms with Crippen molar-refractivity contribution in [2.75, 3.05) is 0 Å². The number of carbonyl (C=O) groups is 2. The van der Waals surface area contributed by atoms with Gasteiger partial charge in [-0.3, -0.25) is 4.79 Å². The van der Waals surface area contributed by atoms with E-state index in [0.717, 1.165) is 0 Å². The molecule has 0 spiro atoms. The fourth-order valence-corrected chi connectivity index (χ4v) is 0.829. The van der Waals surface area contributed by atoms with E-state index in [1.807, 2.05) is 6.92 Å². The number of halogens is 1. The van der Waals surface area contributed by atoms with Crippen molar-refractivity contribution in [3.05, 3.63) is 0 Å². The van der Waals surface area contributed by atoms with Crippen LogP contribution < -0.4 is 0 Å². The number of hydrogen-bond donors (Lipinski definition) is 0. The van der Waals surface area contributed by atoms with Crippen LogP contribution in [0.1, 0.15) is 34.1 Å². The summed E-state index contributed by atoms with van der Waals surface area (Å²) in [6, 6.07) is 0. The summed E-state index contributed by atoms with van der Waals surface area (Å²) in [4.78, 5) is 22.0. The van der Waals surface area contributed by atoms with Crippen LogP contribution in [-0.2, 0) is 14.3 Å². The number of alkyl halides is 1. The maximum Gasteiger partial charge on any atom is 0.376 e. The Morgan fingerprint density at radius 2 is 1.85 bits per heavy atom. The molecule has 0 N–H and O–H groups in total. The number of ether oxygens (including phenoxy) is 1. The van der Waals surface area contributed by atoms with Crippen LogP contribution in [0.2, 0.25) is 0 Å². The van der Waals surface area contributed by atoms with Gasteiger partial charge < -0.3 is 4.74 Å². The molecule has 0 fully saturated rings. The summed E-state index contributed by atoms with van der Waals surface area (Å²) in [6.07, 6.45) is 0.581. The van der Waals surface area contributed by atoms with Crippen LogP contribution in [0.5, 0.6) is 0 Å². The van der Waals surface area contributed by atoms with Crippen molar-refractivity contribution in [2.24, 2.45) is 0 Å². The van der Waals surface area contributed by atoms with Crippen molar-refractivity contribution >= 4 is 27.7 Å². The van der Waals surface area contributed by atoms with Gasteiger partial charge in [0.15, 0.2) is 0 Å². The predicted molar refractivity (Wildman–Crippen MR) is 53.9 cm³/mol. The van der Waals surface area contributed by atoms with Crippen LogP contribution in [0.3, 0.4) is 0 Å². The van der Waals surface area contributed by atoms with Crippen molar-refractivity contribution in [3.8, 4) is 0 Å². The van der Waals surface area contributed by atoms with Crippen LogP contribution >= 0.6 is 15.9 Å². The van der Waals surface area contributed by atoms with Crippen molar-refractivity contribution in [1.82, 2.24) is 0 Å². The molecule has 0 unspecified atom stereocenters. The molecule has 0 aliphatic rings. The van der Waals surface area contributed by atoms with E-state index >= 15 is 0 Å². The highest BCUT2D eigenvalue weighted by Gasteiger charge is 2.26. The maximum absolute atomic E-state index is 11.2. The van der Waals surface area contributed by atoms with Gasteiger partial charge in [0.25, 0.3) is 5.78 Å². The number of rotatable bonds is 3. The van der Waals surface area contributed by atoms with Crippen LogP contribution in [0.15, 0.2) is 0 Å². The Kier molecular flexibility index (Phi) is 4.61. The second kappa shape index (κ2) is 4.74. The van der Waals surface area contributed by atoms with Crippen LogP contribution in [0.25, 0.3) is 0 Å². The molecule has 0 rings (SSSR count). The maximum atomic E-state index is 11.2. The van der Waals surface area contributed by atoms with Gasteiger partial charge in [-0.05, 0) is 27.2 Å². The zero-order valence-corrected chi connectivity index (χ0v) is 9.97. The van der Waals surface area contributed by atoms with E-state index < -0.39 is 22.2 Å². The SMILES string of the molecule is CC[C@@H](Br)C(=O)C(=O)OC(C)(C)C. The van der Waals surface area contributed by atoms with Gasteiger partial charge in [0.05, 0.1) is 4.83 Å². The van der Waals surface area contributed by atoms with Crippen LogP contribution in [0.4, 0.5) is 0 Å². The van der Waals surface area contributed by atoms with Crippen molar-refractivity contribution in [2.45, 2.75) is 44.5 Å². The lowest BCUT2D eigenvalue weighted by Gasteiger charge is -2.19. The average molecular weight is 251 g/mol. The summed E-state index contributed by atoms with van der Waals surface area (Å²) in [5, 5.41) is 0. The molecule has 0 aliphatic heterocycles. The third-order valence-electron chi connectivity index (χ3n) is 1.24. The molecule has 13 heavy (non-hydrogen) atoms. The highest BCUT2D eigenvalue weighted by atomic mass is 79.9. The summed E-state index contributed by atoms with van der Waals surface area (Å²) < 4.78 is 4.90. The fourth-order valence-electron chi connectivity index (χ4n) is 0.642. The van der Waals surface area contributed by atoms with E-state index in [-0.39, 0.29) is 0 Å². The summed E-state index contributed by atoms with van der Waals surface area (Å²) in [5.74, 6) is -1.28. The number of hydrogen-bond acceptors (Lipinski definition) is 3. The fraction of sp³-hybridized carbons (Fsp3) is 0.778. The number of ketones is 1. The Bertz CT molecular complexity index is 205. The normalized spacial score (nSPS) is 13.6. The molecule has 0 saturated carbocycles. The molecule has 0 bridgehead atoms. The number of carbonyl (C=O) groups excluding carboxylic acids is 2. The largest absolute Gasteiger partial charge is 0.454 e. The van der Waals surface area contributed by atoms with E-state index in [1.54, 1.807) is 20.8 Å². The molecule has 0 aromatic carbocycles. The zero-order valence-electron chi connectivity index (χ0n) is 8.39. The average Bonchev–Trinajstić information content (AvgIpc) is 1.98. The minimum absolute atomic E-state index is 0.428. The molecule has 0 aromatic rings. The first-order valence-electron chi connectivity index (χ1n) is 4.19. The second-order valence-electron chi connectivity index (χ2n) is 3.74. The van der Waals surface area contributed by atoms with Crippen molar-refractivity contribution < 1.29 is 14.3 Å². The van der Waals surface area contributed by atoms with E-state index in [0.29, 0.717) is 6.42 Å². The minimum Gasteiger partial charge on any atom is -0.454 e. The first kappa shape index (κ1) is 12.6. The topological polar surface area (TPSA) is 43.4 Å². The first-order chi connectivity index (χ1) is 5.78. The highest BCUT2D eigenvalue weighted by Crippen LogP contribution is 2.11. The highest BCUT2D eigenvalue weighted by molar-refractivity contribution is 9.10. The third kappa shape index (κ3) is 5.03. The van der Waals surface area contributed by atoms with E-state index in [2.05, 4.69) is 15.9 Å². The van der Waals surface area contributed by atoms with Crippen LogP contribution in [-0.4, -0.2) is 22.2 Å². The Labute approximate surface area is 87.0 Å². The molecule has 0 aromatic heterocycles. The van der Waals surface area contributed by atoms with Gasteiger partial charge in [-0.2, -0.15) is 0 Å². The predicted octanol–water partition coefficient (Wildman–Crippen LogP) is 2.07. The quantitative estimate of drug-likeness (QED) is 0.438. The number of esters is 1.